The number of rotatable bonds is 7. The summed E-state index contributed by atoms with van der Waals surface area (Å²) in [5.41, 5.74) is 17.4. The van der Waals surface area contributed by atoms with Crippen LogP contribution in [0.3, 0.4) is 0 Å². The SMILES string of the molecule is CC(C)(C)c1cc(-c2ccccc2)cc2c3cc(-c4ccccc4)ccc3n(-c3c(-c4ccccc4)cc(-c4nc(-c5ccccn5)nc5c4sc4ccccc45)cc3-c3ccccc3)c12. The molecule has 314 valence electrons. The largest absolute Gasteiger partial charge is 0.308 e. The molecule has 12 aromatic rings. The Balaban J connectivity index is 1.25. The molecule has 0 atom stereocenters. The first-order chi connectivity index (χ1) is 32.4. The first-order valence-corrected chi connectivity index (χ1v) is 23.3. The maximum atomic E-state index is 5.45. The van der Waals surface area contributed by atoms with Crippen molar-refractivity contribution in [1.82, 2.24) is 19.5 Å². The van der Waals surface area contributed by atoms with Gasteiger partial charge in [-0.05, 0) is 99.0 Å². The summed E-state index contributed by atoms with van der Waals surface area (Å²) < 4.78 is 4.81. The Kier molecular flexibility index (Phi) is 9.55. The normalized spacial score (nSPS) is 11.9. The Morgan fingerprint density at radius 1 is 0.455 bits per heavy atom. The second-order valence-corrected chi connectivity index (χ2v) is 19.1. The van der Waals surface area contributed by atoms with Crippen LogP contribution in [-0.2, 0) is 5.41 Å². The van der Waals surface area contributed by atoms with Crippen LogP contribution in [0.15, 0.2) is 212 Å². The Morgan fingerprint density at radius 3 is 1.65 bits per heavy atom. The molecule has 0 aliphatic heterocycles. The number of fused-ring (bicyclic) bond motifs is 6. The van der Waals surface area contributed by atoms with Gasteiger partial charge in [0.2, 0.25) is 0 Å². The molecule has 0 fully saturated rings. The highest BCUT2D eigenvalue weighted by Crippen LogP contribution is 2.49. The second kappa shape index (κ2) is 15.9. The van der Waals surface area contributed by atoms with Gasteiger partial charge in [-0.25, -0.2) is 9.97 Å². The van der Waals surface area contributed by atoms with Gasteiger partial charge in [-0.2, -0.15) is 0 Å². The van der Waals surface area contributed by atoms with E-state index in [4.69, 9.17) is 15.0 Å². The number of benzene rings is 8. The predicted molar refractivity (Wildman–Crippen MR) is 278 cm³/mol. The zero-order valence-corrected chi connectivity index (χ0v) is 37.7. The van der Waals surface area contributed by atoms with Gasteiger partial charge in [-0.1, -0.05) is 172 Å². The van der Waals surface area contributed by atoms with Crippen LogP contribution in [0, 0.1) is 0 Å². The van der Waals surface area contributed by atoms with Gasteiger partial charge >= 0.3 is 0 Å². The van der Waals surface area contributed by atoms with Crippen LogP contribution in [0.25, 0.3) is 115 Å². The molecular formula is C61H44N4S. The van der Waals surface area contributed by atoms with E-state index in [2.05, 4.69) is 213 Å². The van der Waals surface area contributed by atoms with Crippen molar-refractivity contribution in [3.63, 3.8) is 0 Å². The Morgan fingerprint density at radius 2 is 1.03 bits per heavy atom. The smallest absolute Gasteiger partial charge is 0.179 e. The van der Waals surface area contributed by atoms with Crippen LogP contribution < -0.4 is 0 Å². The standard InChI is InChI=1S/C61H44N4S/c1-61(2,3)51-38-44(40-22-10-5-11-23-40)35-50-49-34-43(39-20-8-4-9-21-39)31-32-53(49)65(58(50)51)57-47(41-24-12-6-13-25-41)36-45(37-48(57)42-26-14-7-15-27-42)55-59-56(46-28-16-17-30-54(46)66-59)64-60(63-55)52-29-18-19-33-62-52/h4-38H,1-3H3. The zero-order chi connectivity index (χ0) is 44.4. The van der Waals surface area contributed by atoms with Crippen molar-refractivity contribution in [1.29, 1.82) is 0 Å². The summed E-state index contributed by atoms with van der Waals surface area (Å²) in [6.07, 6.45) is 1.81. The predicted octanol–water partition coefficient (Wildman–Crippen LogP) is 16.6. The molecule has 66 heavy (non-hydrogen) atoms. The van der Waals surface area contributed by atoms with Crippen molar-refractivity contribution >= 4 is 53.4 Å². The fraction of sp³-hybridized carbons (Fsp3) is 0.0656. The molecule has 0 N–H and O–H groups in total. The molecule has 0 amide bonds. The topological polar surface area (TPSA) is 43.6 Å². The average Bonchev–Trinajstić information content (AvgIpc) is 3.91. The number of nitrogens with zero attached hydrogens (tertiary/aromatic N) is 4. The van der Waals surface area contributed by atoms with Crippen molar-refractivity contribution in [3.8, 4) is 73.0 Å². The molecule has 0 aliphatic rings. The van der Waals surface area contributed by atoms with Crippen molar-refractivity contribution in [2.75, 3.05) is 0 Å². The Bertz CT molecular complexity index is 3700. The minimum Gasteiger partial charge on any atom is -0.308 e. The molecule has 0 bridgehead atoms. The third-order valence-corrected chi connectivity index (χ3v) is 13.9. The molecule has 0 saturated carbocycles. The molecule has 0 aliphatic carbocycles. The van der Waals surface area contributed by atoms with Gasteiger partial charge in [0.25, 0.3) is 0 Å². The van der Waals surface area contributed by atoms with Gasteiger partial charge in [0.05, 0.1) is 32.6 Å². The maximum absolute atomic E-state index is 5.45. The number of pyridine rings is 1. The van der Waals surface area contributed by atoms with E-state index in [1.807, 2.05) is 24.4 Å². The van der Waals surface area contributed by atoms with Crippen LogP contribution >= 0.6 is 11.3 Å². The van der Waals surface area contributed by atoms with Crippen molar-refractivity contribution in [2.45, 2.75) is 26.2 Å². The van der Waals surface area contributed by atoms with E-state index < -0.39 is 0 Å². The van der Waals surface area contributed by atoms with E-state index in [1.54, 1.807) is 11.3 Å². The van der Waals surface area contributed by atoms with Crippen LogP contribution in [0.4, 0.5) is 0 Å². The highest BCUT2D eigenvalue weighted by Gasteiger charge is 2.28. The highest BCUT2D eigenvalue weighted by atomic mass is 32.1. The molecule has 5 heteroatoms. The van der Waals surface area contributed by atoms with Crippen molar-refractivity contribution in [3.05, 3.63) is 218 Å². The van der Waals surface area contributed by atoms with Crippen molar-refractivity contribution < 1.29 is 0 Å². The number of thiophene rings is 1. The lowest BCUT2D eigenvalue weighted by molar-refractivity contribution is 0.594. The molecule has 0 unspecified atom stereocenters. The van der Waals surface area contributed by atoms with Crippen LogP contribution in [0.5, 0.6) is 0 Å². The molecule has 4 aromatic heterocycles. The molecule has 8 aromatic carbocycles. The van der Waals surface area contributed by atoms with Gasteiger partial charge in [-0.3, -0.25) is 4.98 Å². The minimum absolute atomic E-state index is 0.215. The molecule has 0 radical (unpaired) electrons. The van der Waals surface area contributed by atoms with Crippen LogP contribution in [0.1, 0.15) is 26.3 Å². The minimum atomic E-state index is -0.215. The quantitative estimate of drug-likeness (QED) is 0.160. The monoisotopic (exact) mass is 864 g/mol. The Hall–Kier alpha value is -7.99. The van der Waals surface area contributed by atoms with Gasteiger partial charge in [0.1, 0.15) is 5.69 Å². The van der Waals surface area contributed by atoms with E-state index in [9.17, 15) is 0 Å². The number of hydrogen-bond acceptors (Lipinski definition) is 4. The van der Waals surface area contributed by atoms with Gasteiger partial charge in [0.15, 0.2) is 5.82 Å². The third kappa shape index (κ3) is 6.79. The van der Waals surface area contributed by atoms with E-state index in [0.29, 0.717) is 5.82 Å². The summed E-state index contributed by atoms with van der Waals surface area (Å²) in [6.45, 7) is 7.04. The summed E-state index contributed by atoms with van der Waals surface area (Å²) in [6, 6.07) is 74.4. The lowest BCUT2D eigenvalue weighted by Crippen LogP contribution is -2.14. The second-order valence-electron chi connectivity index (χ2n) is 18.0. The summed E-state index contributed by atoms with van der Waals surface area (Å²) in [5, 5.41) is 3.55. The lowest BCUT2D eigenvalue weighted by atomic mass is 9.83. The molecular weight excluding hydrogens is 821 g/mol. The average molecular weight is 865 g/mol. The zero-order valence-electron chi connectivity index (χ0n) is 36.9. The fourth-order valence-electron chi connectivity index (χ4n) is 9.64. The lowest BCUT2D eigenvalue weighted by Gasteiger charge is -2.26. The maximum Gasteiger partial charge on any atom is 0.179 e. The summed E-state index contributed by atoms with van der Waals surface area (Å²) in [7, 11) is 0. The van der Waals surface area contributed by atoms with Gasteiger partial charge < -0.3 is 4.57 Å². The van der Waals surface area contributed by atoms with Crippen LogP contribution in [0.2, 0.25) is 0 Å². The fourth-order valence-corrected chi connectivity index (χ4v) is 10.8. The Labute approximate surface area is 388 Å². The third-order valence-electron chi connectivity index (χ3n) is 12.8. The molecule has 12 rings (SSSR count). The van der Waals surface area contributed by atoms with Gasteiger partial charge in [-0.15, -0.1) is 11.3 Å². The van der Waals surface area contributed by atoms with Crippen molar-refractivity contribution in [2.24, 2.45) is 0 Å². The van der Waals surface area contributed by atoms with E-state index in [0.717, 1.165) is 66.0 Å². The number of hydrogen-bond donors (Lipinski definition) is 0. The molecule has 4 nitrogen and oxygen atoms in total. The van der Waals surface area contributed by atoms with Crippen LogP contribution in [-0.4, -0.2) is 19.5 Å². The first kappa shape index (κ1) is 39.6. The van der Waals surface area contributed by atoms with E-state index in [-0.39, 0.29) is 5.41 Å². The number of aromatic nitrogens is 4. The highest BCUT2D eigenvalue weighted by molar-refractivity contribution is 7.26. The summed E-state index contributed by atoms with van der Waals surface area (Å²) >= 11 is 1.75. The first-order valence-electron chi connectivity index (χ1n) is 22.5. The van der Waals surface area contributed by atoms with Gasteiger partial charge in [0, 0.05) is 43.7 Å². The van der Waals surface area contributed by atoms with E-state index >= 15 is 0 Å². The molecule has 0 spiro atoms. The summed E-state index contributed by atoms with van der Waals surface area (Å²) in [4.78, 5) is 15.4. The molecule has 4 heterocycles. The van der Waals surface area contributed by atoms with E-state index in [1.165, 1.54) is 48.8 Å². The summed E-state index contributed by atoms with van der Waals surface area (Å²) in [5.74, 6) is 0.605. The molecule has 0 saturated heterocycles.